The molecule has 1 heterocycles. The molecular weight excluding hydrogens is 262 g/mol. The molecule has 1 aliphatic heterocycles. The maximum absolute atomic E-state index is 10.4. The Morgan fingerprint density at radius 2 is 1.86 bits per heavy atom. The average molecular weight is 291 g/mol. The molecule has 118 valence electrons. The van der Waals surface area contributed by atoms with E-state index in [1.54, 1.807) is 0 Å². The highest BCUT2D eigenvalue weighted by molar-refractivity contribution is 5.24. The fourth-order valence-electron chi connectivity index (χ4n) is 3.04. The summed E-state index contributed by atoms with van der Waals surface area (Å²) in [6.07, 6.45) is 4.46. The van der Waals surface area contributed by atoms with E-state index >= 15 is 0 Å². The van der Waals surface area contributed by atoms with Crippen molar-refractivity contribution in [1.29, 1.82) is 0 Å². The van der Waals surface area contributed by atoms with Gasteiger partial charge in [0.1, 0.15) is 0 Å². The third-order valence-corrected chi connectivity index (χ3v) is 4.27. The predicted molar refractivity (Wildman–Crippen MR) is 86.5 cm³/mol. The summed E-state index contributed by atoms with van der Waals surface area (Å²) in [6, 6.07) is 8.43. The van der Waals surface area contributed by atoms with Gasteiger partial charge >= 0.3 is 0 Å². The number of aryl methyl sites for hydroxylation is 1. The molecule has 1 N–H and O–H groups in total. The first-order valence-electron chi connectivity index (χ1n) is 8.33. The molecule has 0 saturated carbocycles. The highest BCUT2D eigenvalue weighted by Crippen LogP contribution is 2.19. The molecule has 1 aromatic rings. The Hall–Kier alpha value is -0.900. The van der Waals surface area contributed by atoms with Gasteiger partial charge in [0.15, 0.2) is 0 Å². The number of piperidine rings is 1. The van der Waals surface area contributed by atoms with Gasteiger partial charge in [-0.2, -0.15) is 0 Å². The van der Waals surface area contributed by atoms with Crippen LogP contribution in [0.3, 0.4) is 0 Å². The number of aliphatic hydroxyl groups is 1. The zero-order valence-corrected chi connectivity index (χ0v) is 13.4. The van der Waals surface area contributed by atoms with Crippen LogP contribution in [0.1, 0.15) is 50.3 Å². The first-order chi connectivity index (χ1) is 10.2. The third-order valence-electron chi connectivity index (χ3n) is 4.27. The largest absolute Gasteiger partial charge is 0.387 e. The van der Waals surface area contributed by atoms with Crippen molar-refractivity contribution in [1.82, 2.24) is 4.90 Å². The van der Waals surface area contributed by atoms with E-state index < -0.39 is 0 Å². The number of benzene rings is 1. The maximum atomic E-state index is 10.4. The Balaban J connectivity index is 1.80. The van der Waals surface area contributed by atoms with Gasteiger partial charge < -0.3 is 14.7 Å². The Morgan fingerprint density at radius 1 is 1.19 bits per heavy atom. The lowest BCUT2D eigenvalue weighted by atomic mass is 10.0. The number of hydrogen-bond acceptors (Lipinski definition) is 3. The van der Waals surface area contributed by atoms with Crippen molar-refractivity contribution in [2.45, 2.75) is 51.7 Å². The highest BCUT2D eigenvalue weighted by Gasteiger charge is 2.21. The minimum atomic E-state index is -0.385. The maximum Gasteiger partial charge on any atom is 0.0916 e. The van der Waals surface area contributed by atoms with Gasteiger partial charge in [0.05, 0.1) is 12.2 Å². The molecule has 0 bridgehead atoms. The smallest absolute Gasteiger partial charge is 0.0916 e. The van der Waals surface area contributed by atoms with Crippen molar-refractivity contribution in [3.05, 3.63) is 35.4 Å². The number of nitrogens with zero attached hydrogens (tertiary/aromatic N) is 1. The second-order valence-electron chi connectivity index (χ2n) is 5.96. The lowest BCUT2D eigenvalue weighted by molar-refractivity contribution is 0.00328. The average Bonchev–Trinajstić information content (AvgIpc) is 2.50. The number of aliphatic hydroxyl groups excluding tert-OH is 1. The quantitative estimate of drug-likeness (QED) is 0.837. The molecule has 1 fully saturated rings. The van der Waals surface area contributed by atoms with E-state index in [4.69, 9.17) is 4.74 Å². The molecule has 1 saturated heterocycles. The van der Waals surface area contributed by atoms with E-state index in [-0.39, 0.29) is 6.10 Å². The van der Waals surface area contributed by atoms with Gasteiger partial charge in [-0.3, -0.25) is 0 Å². The molecule has 0 radical (unpaired) electrons. The van der Waals surface area contributed by atoms with E-state index in [1.165, 1.54) is 5.56 Å². The summed E-state index contributed by atoms with van der Waals surface area (Å²) in [4.78, 5) is 2.35. The van der Waals surface area contributed by atoms with Crippen LogP contribution in [0.2, 0.25) is 0 Å². The van der Waals surface area contributed by atoms with Gasteiger partial charge in [0, 0.05) is 26.2 Å². The molecule has 1 atom stereocenters. The minimum Gasteiger partial charge on any atom is -0.387 e. The van der Waals surface area contributed by atoms with Gasteiger partial charge in [-0.1, -0.05) is 37.6 Å². The van der Waals surface area contributed by atoms with Crippen LogP contribution in [0.5, 0.6) is 0 Å². The summed E-state index contributed by atoms with van der Waals surface area (Å²) in [5, 5.41) is 10.4. The lowest BCUT2D eigenvalue weighted by Gasteiger charge is -2.33. The molecule has 0 aliphatic carbocycles. The summed E-state index contributed by atoms with van der Waals surface area (Å²) in [5.74, 6) is 0. The topological polar surface area (TPSA) is 32.7 Å². The molecule has 0 spiro atoms. The van der Waals surface area contributed by atoms with Crippen LogP contribution in [-0.4, -0.2) is 42.4 Å². The lowest BCUT2D eigenvalue weighted by Crippen LogP contribution is -2.39. The Bertz CT molecular complexity index is 396. The molecule has 1 aliphatic rings. The van der Waals surface area contributed by atoms with Crippen LogP contribution in [0.25, 0.3) is 0 Å². The molecule has 3 nitrogen and oxygen atoms in total. The summed E-state index contributed by atoms with van der Waals surface area (Å²) in [5.41, 5.74) is 2.38. The van der Waals surface area contributed by atoms with Gasteiger partial charge in [0.2, 0.25) is 0 Å². The molecule has 1 unspecified atom stereocenters. The van der Waals surface area contributed by atoms with E-state index in [1.807, 2.05) is 0 Å². The minimum absolute atomic E-state index is 0.385. The molecule has 2 rings (SSSR count). The van der Waals surface area contributed by atoms with Crippen molar-refractivity contribution in [2.24, 2.45) is 0 Å². The standard InChI is InChI=1S/C18H29NO2/c1-3-5-15-6-8-16(9-7-15)18(20)14-19-12-10-17(11-13-19)21-4-2/h6-9,17-18,20H,3-5,10-14H2,1-2H3. The van der Waals surface area contributed by atoms with Gasteiger partial charge in [-0.15, -0.1) is 0 Å². The van der Waals surface area contributed by atoms with E-state index in [0.29, 0.717) is 6.10 Å². The summed E-state index contributed by atoms with van der Waals surface area (Å²) < 4.78 is 5.67. The first-order valence-corrected chi connectivity index (χ1v) is 8.33. The SMILES string of the molecule is CCCc1ccc(C(O)CN2CCC(OCC)CC2)cc1. The molecule has 1 aromatic carbocycles. The number of ether oxygens (including phenoxy) is 1. The number of rotatable bonds is 7. The second kappa shape index (κ2) is 8.52. The Kier molecular flexibility index (Phi) is 6.68. The third kappa shape index (κ3) is 5.10. The number of β-amino-alcohol motifs (C(OH)–C–C–N with tert-alkyl or cyclic N) is 1. The number of hydrogen-bond donors (Lipinski definition) is 1. The van der Waals surface area contributed by atoms with Crippen LogP contribution >= 0.6 is 0 Å². The van der Waals surface area contributed by atoms with Crippen LogP contribution in [0.4, 0.5) is 0 Å². The summed E-state index contributed by atoms with van der Waals surface area (Å²) in [6.45, 7) is 7.82. The highest BCUT2D eigenvalue weighted by atomic mass is 16.5. The van der Waals surface area contributed by atoms with Crippen LogP contribution in [0.15, 0.2) is 24.3 Å². The normalized spacial score (nSPS) is 18.8. The van der Waals surface area contributed by atoms with E-state index in [0.717, 1.165) is 57.5 Å². The van der Waals surface area contributed by atoms with Gasteiger partial charge in [0.25, 0.3) is 0 Å². The van der Waals surface area contributed by atoms with Crippen molar-refractivity contribution < 1.29 is 9.84 Å². The zero-order chi connectivity index (χ0) is 15.1. The predicted octanol–water partition coefficient (Wildman–Crippen LogP) is 3.17. The monoisotopic (exact) mass is 291 g/mol. The Labute approximate surface area is 128 Å². The Morgan fingerprint density at radius 3 is 2.43 bits per heavy atom. The van der Waals surface area contributed by atoms with E-state index in [2.05, 4.69) is 43.0 Å². The molecule has 3 heteroatoms. The van der Waals surface area contributed by atoms with E-state index in [9.17, 15) is 5.11 Å². The van der Waals surface area contributed by atoms with Crippen LogP contribution in [0, 0.1) is 0 Å². The van der Waals surface area contributed by atoms with Crippen LogP contribution in [-0.2, 0) is 11.2 Å². The summed E-state index contributed by atoms with van der Waals surface area (Å²) in [7, 11) is 0. The second-order valence-corrected chi connectivity index (χ2v) is 5.96. The molecular formula is C18H29NO2. The van der Waals surface area contributed by atoms with Crippen molar-refractivity contribution in [3.63, 3.8) is 0 Å². The van der Waals surface area contributed by atoms with Crippen molar-refractivity contribution >= 4 is 0 Å². The number of likely N-dealkylation sites (tertiary alicyclic amines) is 1. The van der Waals surface area contributed by atoms with Crippen LogP contribution < -0.4 is 0 Å². The van der Waals surface area contributed by atoms with Gasteiger partial charge in [-0.25, -0.2) is 0 Å². The fourth-order valence-corrected chi connectivity index (χ4v) is 3.04. The van der Waals surface area contributed by atoms with Crippen molar-refractivity contribution in [2.75, 3.05) is 26.2 Å². The first kappa shape index (κ1) is 16.5. The molecule has 21 heavy (non-hydrogen) atoms. The zero-order valence-electron chi connectivity index (χ0n) is 13.4. The molecule has 0 amide bonds. The van der Waals surface area contributed by atoms with Crippen molar-refractivity contribution in [3.8, 4) is 0 Å². The molecule has 0 aromatic heterocycles. The summed E-state index contributed by atoms with van der Waals surface area (Å²) >= 11 is 0. The fraction of sp³-hybridized carbons (Fsp3) is 0.667. The van der Waals surface area contributed by atoms with Gasteiger partial charge in [-0.05, 0) is 37.3 Å².